The highest BCUT2D eigenvalue weighted by atomic mass is 19.4. The minimum Gasteiger partial charge on any atom is -0.483 e. The van der Waals surface area contributed by atoms with E-state index in [1.165, 1.54) is 36.4 Å². The monoisotopic (exact) mass is 601 g/mol. The fourth-order valence-electron chi connectivity index (χ4n) is 4.23. The molecule has 0 fully saturated rings. The van der Waals surface area contributed by atoms with Crippen LogP contribution < -0.4 is 15.6 Å². The molecule has 1 N–H and O–H groups in total. The molecular formula is C31H22F3N5O5. The van der Waals surface area contributed by atoms with Crippen molar-refractivity contribution in [2.45, 2.75) is 13.1 Å². The number of carbonyl (C=O) groups is 1. The molecule has 222 valence electrons. The van der Waals surface area contributed by atoms with Crippen LogP contribution in [0.4, 0.5) is 24.5 Å². The largest absolute Gasteiger partial charge is 0.483 e. The van der Waals surface area contributed by atoms with Crippen molar-refractivity contribution in [3.05, 3.63) is 128 Å². The molecule has 10 nitrogen and oxygen atoms in total. The number of nitrogens with zero attached hydrogens (tertiary/aromatic N) is 4. The van der Waals surface area contributed by atoms with Crippen molar-refractivity contribution in [2.75, 3.05) is 11.9 Å². The van der Waals surface area contributed by atoms with Gasteiger partial charge in [0.25, 0.3) is 17.2 Å². The second-order valence-corrected chi connectivity index (χ2v) is 9.57. The third-order valence-corrected chi connectivity index (χ3v) is 6.41. The number of para-hydroxylation sites is 1. The van der Waals surface area contributed by atoms with Crippen LogP contribution in [0.25, 0.3) is 22.3 Å². The molecular weight excluding hydrogens is 579 g/mol. The van der Waals surface area contributed by atoms with Crippen molar-refractivity contribution in [3.63, 3.8) is 0 Å². The van der Waals surface area contributed by atoms with Crippen LogP contribution in [0.3, 0.4) is 0 Å². The van der Waals surface area contributed by atoms with E-state index in [4.69, 9.17) is 4.74 Å². The number of alkyl halides is 3. The number of nitro groups is 1. The predicted molar refractivity (Wildman–Crippen MR) is 158 cm³/mol. The molecule has 5 rings (SSSR count). The number of non-ortho nitro benzene ring substituents is 1. The van der Waals surface area contributed by atoms with Crippen LogP contribution in [0.2, 0.25) is 0 Å². The Morgan fingerprint density at radius 1 is 1.05 bits per heavy atom. The topological polar surface area (TPSA) is 129 Å². The molecule has 0 atom stereocenters. The van der Waals surface area contributed by atoms with Gasteiger partial charge >= 0.3 is 6.18 Å². The van der Waals surface area contributed by atoms with Crippen LogP contribution >= 0.6 is 0 Å². The van der Waals surface area contributed by atoms with Gasteiger partial charge in [0, 0.05) is 28.9 Å². The first-order valence-electron chi connectivity index (χ1n) is 13.0. The number of amides is 1. The number of anilines is 1. The molecule has 0 aliphatic heterocycles. The van der Waals surface area contributed by atoms with Crippen LogP contribution in [0.1, 0.15) is 16.7 Å². The van der Waals surface area contributed by atoms with Crippen LogP contribution in [-0.2, 0) is 11.0 Å². The van der Waals surface area contributed by atoms with Crippen LogP contribution in [0.5, 0.6) is 5.75 Å². The maximum atomic E-state index is 13.5. The third-order valence-electron chi connectivity index (χ3n) is 6.41. The van der Waals surface area contributed by atoms with Crippen molar-refractivity contribution in [1.82, 2.24) is 9.66 Å². The zero-order valence-electron chi connectivity index (χ0n) is 22.9. The fraction of sp³-hybridized carbons (Fsp3) is 0.0968. The standard InChI is InChI=1S/C31H22F3N5O5/c1-19-9-11-23(12-10-19)36-28(40)18-44-27-14-13-24(39(42)43)16-21(27)17-35-38-29(20-5-4-6-22(15-20)31(32,33)34)37-26-8-3-2-7-25(26)30(38)41/h2-17H,18H2,1H3,(H,36,40). The van der Waals surface area contributed by atoms with Crippen LogP contribution in [-0.4, -0.2) is 33.3 Å². The molecule has 0 aliphatic rings. The van der Waals surface area contributed by atoms with Gasteiger partial charge in [-0.3, -0.25) is 19.7 Å². The molecule has 13 heteroatoms. The van der Waals surface area contributed by atoms with E-state index in [9.17, 15) is 32.9 Å². The van der Waals surface area contributed by atoms with Gasteiger partial charge in [0.05, 0.1) is 27.6 Å². The molecule has 0 saturated heterocycles. The highest BCUT2D eigenvalue weighted by molar-refractivity contribution is 5.92. The molecule has 1 amide bonds. The van der Waals surface area contributed by atoms with Gasteiger partial charge in [-0.05, 0) is 49.4 Å². The SMILES string of the molecule is Cc1ccc(NC(=O)COc2ccc([N+](=O)[O-])cc2C=Nn2c(-c3cccc(C(F)(F)F)c3)nc3ccccc3c2=O)cc1. The Morgan fingerprint density at radius 2 is 1.80 bits per heavy atom. The Kier molecular flexibility index (Phi) is 8.20. The van der Waals surface area contributed by atoms with Gasteiger partial charge in [-0.25, -0.2) is 4.98 Å². The van der Waals surface area contributed by atoms with Crippen LogP contribution in [0, 0.1) is 17.0 Å². The Labute approximate surface area is 247 Å². The normalized spacial score (nSPS) is 11.5. The van der Waals surface area contributed by atoms with Gasteiger partial charge in [0.2, 0.25) is 0 Å². The molecule has 44 heavy (non-hydrogen) atoms. The molecule has 0 spiro atoms. The number of rotatable bonds is 8. The number of benzene rings is 4. The fourth-order valence-corrected chi connectivity index (χ4v) is 4.23. The van der Waals surface area contributed by atoms with Crippen molar-refractivity contribution >= 4 is 34.4 Å². The number of aryl methyl sites for hydroxylation is 1. The lowest BCUT2D eigenvalue weighted by atomic mass is 10.1. The minimum atomic E-state index is -4.65. The zero-order chi connectivity index (χ0) is 31.4. The van der Waals surface area contributed by atoms with Crippen molar-refractivity contribution in [3.8, 4) is 17.1 Å². The van der Waals surface area contributed by atoms with Gasteiger partial charge in [-0.15, -0.1) is 0 Å². The summed E-state index contributed by atoms with van der Waals surface area (Å²) in [5.74, 6) is -0.667. The lowest BCUT2D eigenvalue weighted by molar-refractivity contribution is -0.384. The summed E-state index contributed by atoms with van der Waals surface area (Å²) in [6.45, 7) is 1.44. The Balaban J connectivity index is 1.54. The number of nitro benzene ring substituents is 1. The molecule has 1 aromatic heterocycles. The average Bonchev–Trinajstić information content (AvgIpc) is 3.00. The number of fused-ring (bicyclic) bond motifs is 1. The summed E-state index contributed by atoms with van der Waals surface area (Å²) < 4.78 is 46.9. The Hall–Kier alpha value is -5.85. The predicted octanol–water partition coefficient (Wildman–Crippen LogP) is 6.20. The summed E-state index contributed by atoms with van der Waals surface area (Å²) >= 11 is 0. The average molecular weight is 602 g/mol. The first kappa shape index (κ1) is 29.6. The molecule has 0 unspecified atom stereocenters. The second kappa shape index (κ2) is 12.2. The maximum Gasteiger partial charge on any atom is 0.416 e. The number of aromatic nitrogens is 2. The van der Waals surface area contributed by atoms with E-state index in [0.29, 0.717) is 5.69 Å². The summed E-state index contributed by atoms with van der Waals surface area (Å²) in [5.41, 5.74) is -0.206. The molecule has 0 radical (unpaired) electrons. The lowest BCUT2D eigenvalue weighted by Crippen LogP contribution is -2.21. The summed E-state index contributed by atoms with van der Waals surface area (Å²) in [6.07, 6.45) is -3.57. The van der Waals surface area contributed by atoms with Gasteiger partial charge < -0.3 is 10.1 Å². The Morgan fingerprint density at radius 3 is 2.52 bits per heavy atom. The van der Waals surface area contributed by atoms with Gasteiger partial charge in [0.1, 0.15) is 5.75 Å². The zero-order valence-corrected chi connectivity index (χ0v) is 22.9. The third kappa shape index (κ3) is 6.62. The van der Waals surface area contributed by atoms with E-state index in [0.717, 1.165) is 34.7 Å². The highest BCUT2D eigenvalue weighted by Crippen LogP contribution is 2.32. The van der Waals surface area contributed by atoms with Crippen molar-refractivity contribution in [2.24, 2.45) is 5.10 Å². The number of halogens is 3. The minimum absolute atomic E-state index is 0.0254. The van der Waals surface area contributed by atoms with E-state index in [2.05, 4.69) is 15.4 Å². The van der Waals surface area contributed by atoms with E-state index < -0.39 is 34.7 Å². The highest BCUT2D eigenvalue weighted by Gasteiger charge is 2.31. The molecule has 1 heterocycles. The summed E-state index contributed by atoms with van der Waals surface area (Å²) in [4.78, 5) is 41.2. The molecule has 4 aromatic carbocycles. The molecule has 0 bridgehead atoms. The van der Waals surface area contributed by atoms with Crippen molar-refractivity contribution in [1.29, 1.82) is 0 Å². The van der Waals surface area contributed by atoms with E-state index in [-0.39, 0.29) is 39.3 Å². The summed E-state index contributed by atoms with van der Waals surface area (Å²) in [6, 6.07) is 21.1. The molecule has 0 saturated carbocycles. The van der Waals surface area contributed by atoms with Crippen LogP contribution in [0.15, 0.2) is 101 Å². The number of nitrogens with one attached hydrogen (secondary N) is 1. The van der Waals surface area contributed by atoms with E-state index in [1.54, 1.807) is 24.3 Å². The van der Waals surface area contributed by atoms with Gasteiger partial charge in [-0.1, -0.05) is 42.0 Å². The van der Waals surface area contributed by atoms with E-state index >= 15 is 0 Å². The van der Waals surface area contributed by atoms with Gasteiger partial charge in [-0.2, -0.15) is 22.9 Å². The maximum absolute atomic E-state index is 13.5. The summed E-state index contributed by atoms with van der Waals surface area (Å²) in [7, 11) is 0. The Bertz CT molecular complexity index is 1970. The number of hydrogen-bond donors (Lipinski definition) is 1. The first-order valence-corrected chi connectivity index (χ1v) is 13.0. The number of carbonyl (C=O) groups excluding carboxylic acids is 1. The smallest absolute Gasteiger partial charge is 0.416 e. The van der Waals surface area contributed by atoms with Crippen molar-refractivity contribution < 1.29 is 27.6 Å². The van der Waals surface area contributed by atoms with E-state index in [1.807, 2.05) is 19.1 Å². The first-order chi connectivity index (χ1) is 21.0. The second-order valence-electron chi connectivity index (χ2n) is 9.57. The quantitative estimate of drug-likeness (QED) is 0.128. The molecule has 0 aliphatic carbocycles. The number of ether oxygens (including phenoxy) is 1. The van der Waals surface area contributed by atoms with Gasteiger partial charge in [0.15, 0.2) is 12.4 Å². The summed E-state index contributed by atoms with van der Waals surface area (Å²) in [5, 5.41) is 18.5. The molecule has 5 aromatic rings. The number of hydrogen-bond acceptors (Lipinski definition) is 7. The lowest BCUT2D eigenvalue weighted by Gasteiger charge is -2.12.